The zero-order valence-corrected chi connectivity index (χ0v) is 27.0. The quantitative estimate of drug-likeness (QED) is 0.0440. The highest BCUT2D eigenvalue weighted by Gasteiger charge is 2.53. The third-order valence-corrected chi connectivity index (χ3v) is 8.20. The van der Waals surface area contributed by atoms with E-state index in [1.54, 1.807) is 24.3 Å². The maximum absolute atomic E-state index is 14.4. The first-order valence-electron chi connectivity index (χ1n) is 15.0. The summed E-state index contributed by atoms with van der Waals surface area (Å²) in [6, 6.07) is 30.3. The van der Waals surface area contributed by atoms with Crippen LogP contribution in [0.25, 0.3) is 10.4 Å². The van der Waals surface area contributed by atoms with Crippen molar-refractivity contribution in [2.24, 2.45) is 10.1 Å². The van der Waals surface area contributed by atoms with Gasteiger partial charge in [0.15, 0.2) is 11.6 Å². The number of aliphatic imine (C=N–C) groups is 1. The number of benzene rings is 4. The summed E-state index contributed by atoms with van der Waals surface area (Å²) in [5, 5.41) is 13.0. The number of hydrogen-bond donors (Lipinski definition) is 3. The van der Waals surface area contributed by atoms with E-state index in [0.29, 0.717) is 54.5 Å². The van der Waals surface area contributed by atoms with E-state index in [4.69, 9.17) is 19.6 Å². The van der Waals surface area contributed by atoms with Gasteiger partial charge in [0.25, 0.3) is 5.91 Å². The van der Waals surface area contributed by atoms with Gasteiger partial charge in [0.05, 0.1) is 6.61 Å². The molecule has 1 heterocycles. The van der Waals surface area contributed by atoms with Crippen molar-refractivity contribution in [3.8, 4) is 5.75 Å². The standard InChI is InChI=1S/C35H35BrN6O4/c1-24-7-9-25(10-8-24)19-20-38-41-34(44)35(23-28-5-2-3-6-31(28)40-42-37)32(26-11-15-29(36)16-12-26)46-33(39-35)27-13-17-30(18-14-27)45-22-4-21-43/h2-3,5-18,32,38,43H,4,19-23H2,1H3,(H,41,44)/t32-,35-/m0/s1. The zero-order valence-electron chi connectivity index (χ0n) is 25.4. The molecule has 0 bridgehead atoms. The molecule has 236 valence electrons. The van der Waals surface area contributed by atoms with Gasteiger partial charge < -0.3 is 14.6 Å². The van der Waals surface area contributed by atoms with Crippen molar-refractivity contribution in [2.45, 2.75) is 37.8 Å². The van der Waals surface area contributed by atoms with Gasteiger partial charge in [-0.2, -0.15) is 0 Å². The highest BCUT2D eigenvalue weighted by Crippen LogP contribution is 2.44. The molecule has 3 N–H and O–H groups in total. The Kier molecular flexibility index (Phi) is 11.1. The number of aliphatic hydroxyl groups is 1. The van der Waals surface area contributed by atoms with Gasteiger partial charge in [0.2, 0.25) is 5.90 Å². The Morgan fingerprint density at radius 1 is 1.07 bits per heavy atom. The molecule has 0 spiro atoms. The van der Waals surface area contributed by atoms with Crippen molar-refractivity contribution >= 4 is 33.4 Å². The van der Waals surface area contributed by atoms with Gasteiger partial charge >= 0.3 is 0 Å². The molecule has 1 amide bonds. The predicted octanol–water partition coefficient (Wildman–Crippen LogP) is 6.82. The Balaban J connectivity index is 1.51. The normalized spacial score (nSPS) is 17.0. The highest BCUT2D eigenvalue weighted by molar-refractivity contribution is 9.10. The zero-order chi connectivity index (χ0) is 32.4. The van der Waals surface area contributed by atoms with E-state index in [9.17, 15) is 10.3 Å². The molecule has 0 aliphatic carbocycles. The van der Waals surface area contributed by atoms with Crippen molar-refractivity contribution < 1.29 is 19.4 Å². The monoisotopic (exact) mass is 682 g/mol. The number of carbonyl (C=O) groups is 1. The molecule has 0 aromatic heterocycles. The lowest BCUT2D eigenvalue weighted by Gasteiger charge is -2.31. The average molecular weight is 684 g/mol. The maximum atomic E-state index is 14.4. The van der Waals surface area contributed by atoms with Crippen LogP contribution in [0.3, 0.4) is 0 Å². The summed E-state index contributed by atoms with van der Waals surface area (Å²) >= 11 is 3.50. The first kappa shape index (κ1) is 32.7. The first-order chi connectivity index (χ1) is 22.4. The van der Waals surface area contributed by atoms with Gasteiger partial charge in [0.1, 0.15) is 5.75 Å². The molecule has 11 heteroatoms. The third-order valence-electron chi connectivity index (χ3n) is 7.67. The second-order valence-electron chi connectivity index (χ2n) is 11.0. The number of hydrazine groups is 1. The molecule has 0 unspecified atom stereocenters. The number of azide groups is 1. The second-order valence-corrected chi connectivity index (χ2v) is 11.9. The fraction of sp³-hybridized carbons (Fsp3) is 0.257. The van der Waals surface area contributed by atoms with Gasteiger partial charge in [-0.05, 0) is 72.0 Å². The SMILES string of the molecule is Cc1ccc(CCNNC(=O)[C@@]2(Cc3ccccc3N=[N+]=[N-])N=C(c3ccc(OCCCO)cc3)O[C@H]2c2ccc(Br)cc2)cc1. The van der Waals surface area contributed by atoms with Crippen molar-refractivity contribution in [2.75, 3.05) is 19.8 Å². The summed E-state index contributed by atoms with van der Waals surface area (Å²) in [6.07, 6.45) is 0.524. The van der Waals surface area contributed by atoms with Gasteiger partial charge in [-0.15, -0.1) is 0 Å². The Labute approximate surface area is 276 Å². The molecule has 4 aromatic rings. The van der Waals surface area contributed by atoms with Crippen LogP contribution in [0.2, 0.25) is 0 Å². The summed E-state index contributed by atoms with van der Waals surface area (Å²) < 4.78 is 13.2. The molecule has 46 heavy (non-hydrogen) atoms. The Morgan fingerprint density at radius 3 is 2.52 bits per heavy atom. The number of aliphatic hydroxyl groups excluding tert-OH is 1. The summed E-state index contributed by atoms with van der Waals surface area (Å²) in [4.78, 5) is 22.5. The summed E-state index contributed by atoms with van der Waals surface area (Å²) in [5.74, 6) is 0.551. The number of rotatable bonds is 14. The van der Waals surface area contributed by atoms with E-state index in [2.05, 4.69) is 61.1 Å². The number of ether oxygens (including phenoxy) is 2. The minimum absolute atomic E-state index is 0.0495. The van der Waals surface area contributed by atoms with Gasteiger partial charge in [-0.25, -0.2) is 10.4 Å². The van der Waals surface area contributed by atoms with Gasteiger partial charge in [-0.3, -0.25) is 10.2 Å². The summed E-state index contributed by atoms with van der Waals surface area (Å²) in [6.45, 7) is 2.99. The molecular weight excluding hydrogens is 648 g/mol. The Morgan fingerprint density at radius 2 is 1.80 bits per heavy atom. The number of carbonyl (C=O) groups excluding carboxylic acids is 1. The molecule has 0 saturated carbocycles. The molecule has 1 aliphatic heterocycles. The third kappa shape index (κ3) is 7.94. The molecule has 10 nitrogen and oxygen atoms in total. The van der Waals surface area contributed by atoms with Crippen molar-refractivity contribution in [1.82, 2.24) is 10.9 Å². The highest BCUT2D eigenvalue weighted by atomic mass is 79.9. The number of aryl methyl sites for hydroxylation is 1. The topological polar surface area (TPSA) is 141 Å². The van der Waals surface area contributed by atoms with Crippen LogP contribution in [0.4, 0.5) is 5.69 Å². The number of halogens is 1. The lowest BCUT2D eigenvalue weighted by molar-refractivity contribution is -0.130. The van der Waals surface area contributed by atoms with Crippen LogP contribution in [0.5, 0.6) is 5.75 Å². The van der Waals surface area contributed by atoms with E-state index < -0.39 is 11.6 Å². The van der Waals surface area contributed by atoms with E-state index in [1.807, 2.05) is 55.5 Å². The number of nitrogens with zero attached hydrogens (tertiary/aromatic N) is 4. The molecule has 0 saturated heterocycles. The molecule has 1 aliphatic rings. The second kappa shape index (κ2) is 15.6. The summed E-state index contributed by atoms with van der Waals surface area (Å²) in [5.41, 5.74) is 18.6. The number of amides is 1. The van der Waals surface area contributed by atoms with Gasteiger partial charge in [0, 0.05) is 46.6 Å². The molecular formula is C35H35BrN6O4. The summed E-state index contributed by atoms with van der Waals surface area (Å²) in [7, 11) is 0. The fourth-order valence-electron chi connectivity index (χ4n) is 5.23. The van der Waals surface area contributed by atoms with Crippen LogP contribution in [-0.2, 0) is 22.4 Å². The number of hydrogen-bond acceptors (Lipinski definition) is 7. The van der Waals surface area contributed by atoms with Crippen molar-refractivity contribution in [3.63, 3.8) is 0 Å². The minimum atomic E-state index is -1.47. The Bertz CT molecular complexity index is 1710. The maximum Gasteiger partial charge on any atom is 0.266 e. The van der Waals surface area contributed by atoms with E-state index in [0.717, 1.165) is 15.6 Å². The first-order valence-corrected chi connectivity index (χ1v) is 15.8. The Hall–Kier alpha value is -4.67. The number of nitrogens with one attached hydrogen (secondary N) is 2. The van der Waals surface area contributed by atoms with Crippen LogP contribution in [-0.4, -0.2) is 42.2 Å². The van der Waals surface area contributed by atoms with Crippen molar-refractivity contribution in [3.05, 3.63) is 140 Å². The van der Waals surface area contributed by atoms with Crippen LogP contribution >= 0.6 is 15.9 Å². The molecule has 0 radical (unpaired) electrons. The van der Waals surface area contributed by atoms with Crippen LogP contribution in [0.1, 0.15) is 40.3 Å². The van der Waals surface area contributed by atoms with E-state index in [-0.39, 0.29) is 18.9 Å². The minimum Gasteiger partial charge on any atom is -0.494 e. The van der Waals surface area contributed by atoms with E-state index >= 15 is 0 Å². The van der Waals surface area contributed by atoms with Crippen LogP contribution in [0, 0.1) is 6.92 Å². The molecule has 2 atom stereocenters. The van der Waals surface area contributed by atoms with Crippen molar-refractivity contribution in [1.29, 1.82) is 0 Å². The van der Waals surface area contributed by atoms with Crippen LogP contribution < -0.4 is 15.6 Å². The molecule has 0 fully saturated rings. The predicted molar refractivity (Wildman–Crippen MR) is 181 cm³/mol. The smallest absolute Gasteiger partial charge is 0.266 e. The average Bonchev–Trinajstić information content (AvgIpc) is 3.46. The molecule has 5 rings (SSSR count). The lowest BCUT2D eigenvalue weighted by Crippen LogP contribution is -2.54. The fourth-order valence-corrected chi connectivity index (χ4v) is 5.49. The lowest BCUT2D eigenvalue weighted by atomic mass is 9.81. The van der Waals surface area contributed by atoms with Crippen LogP contribution in [0.15, 0.2) is 112 Å². The van der Waals surface area contributed by atoms with Gasteiger partial charge in [-0.1, -0.05) is 87.3 Å². The van der Waals surface area contributed by atoms with E-state index in [1.165, 1.54) is 5.56 Å². The largest absolute Gasteiger partial charge is 0.494 e. The molecule has 4 aromatic carbocycles.